The Morgan fingerprint density at radius 3 is 3.19 bits per heavy atom. The third-order valence-electron chi connectivity index (χ3n) is 2.56. The van der Waals surface area contributed by atoms with Crippen molar-refractivity contribution in [1.82, 2.24) is 15.5 Å². The van der Waals surface area contributed by atoms with Gasteiger partial charge >= 0.3 is 0 Å². The molecule has 0 saturated carbocycles. The maximum absolute atomic E-state index is 9.37. The van der Waals surface area contributed by atoms with Gasteiger partial charge in [0.25, 0.3) is 0 Å². The first-order chi connectivity index (χ1) is 7.79. The number of nitrogens with one attached hydrogen (secondary N) is 1. The Morgan fingerprint density at radius 1 is 1.62 bits per heavy atom. The van der Waals surface area contributed by atoms with Crippen LogP contribution in [0.4, 0.5) is 0 Å². The minimum absolute atomic E-state index is 0.0108. The van der Waals surface area contributed by atoms with E-state index in [1.165, 1.54) is 0 Å². The van der Waals surface area contributed by atoms with E-state index >= 15 is 0 Å². The van der Waals surface area contributed by atoms with Crippen molar-refractivity contribution in [3.8, 4) is 0 Å². The van der Waals surface area contributed by atoms with Crippen molar-refractivity contribution in [1.29, 1.82) is 0 Å². The molecule has 0 unspecified atom stereocenters. The standard InChI is InChI=1S/C10H17N3O3/c1-2-15-4-3-9-12-10(16-13-9)8-5-7(14)6-11-8/h7-8,11,14H,2-6H2,1H3/t7-,8-/m0/s1. The molecule has 0 aliphatic carbocycles. The Hall–Kier alpha value is -0.980. The van der Waals surface area contributed by atoms with E-state index in [4.69, 9.17) is 9.26 Å². The average molecular weight is 227 g/mol. The van der Waals surface area contributed by atoms with Crippen LogP contribution in [0, 0.1) is 0 Å². The van der Waals surface area contributed by atoms with Gasteiger partial charge in [0, 0.05) is 19.6 Å². The number of ether oxygens (including phenoxy) is 1. The molecule has 0 amide bonds. The van der Waals surface area contributed by atoms with Crippen LogP contribution >= 0.6 is 0 Å². The van der Waals surface area contributed by atoms with Crippen molar-refractivity contribution in [2.24, 2.45) is 0 Å². The third kappa shape index (κ3) is 2.78. The second-order valence-corrected chi connectivity index (χ2v) is 3.85. The normalized spacial score (nSPS) is 25.1. The first kappa shape index (κ1) is 11.5. The molecule has 0 bridgehead atoms. The fourth-order valence-corrected chi connectivity index (χ4v) is 1.72. The summed E-state index contributed by atoms with van der Waals surface area (Å²) >= 11 is 0. The molecule has 6 nitrogen and oxygen atoms in total. The van der Waals surface area contributed by atoms with E-state index in [-0.39, 0.29) is 12.1 Å². The number of aliphatic hydroxyl groups excluding tert-OH is 1. The number of aromatic nitrogens is 2. The van der Waals surface area contributed by atoms with Crippen LogP contribution < -0.4 is 5.32 Å². The summed E-state index contributed by atoms with van der Waals surface area (Å²) in [5.41, 5.74) is 0. The molecule has 6 heteroatoms. The molecule has 16 heavy (non-hydrogen) atoms. The minimum Gasteiger partial charge on any atom is -0.392 e. The lowest BCUT2D eigenvalue weighted by Gasteiger charge is -2.01. The van der Waals surface area contributed by atoms with Crippen molar-refractivity contribution in [2.75, 3.05) is 19.8 Å². The predicted molar refractivity (Wildman–Crippen MR) is 55.9 cm³/mol. The summed E-state index contributed by atoms with van der Waals surface area (Å²) in [7, 11) is 0. The van der Waals surface area contributed by atoms with E-state index in [1.807, 2.05) is 6.92 Å². The van der Waals surface area contributed by atoms with E-state index < -0.39 is 0 Å². The fraction of sp³-hybridized carbons (Fsp3) is 0.800. The Balaban J connectivity index is 1.87. The van der Waals surface area contributed by atoms with Crippen LogP contribution in [-0.4, -0.2) is 41.1 Å². The van der Waals surface area contributed by atoms with Crippen LogP contribution in [0.25, 0.3) is 0 Å². The van der Waals surface area contributed by atoms with E-state index in [1.54, 1.807) is 0 Å². The van der Waals surface area contributed by atoms with E-state index in [2.05, 4.69) is 15.5 Å². The molecule has 0 radical (unpaired) electrons. The van der Waals surface area contributed by atoms with Gasteiger partial charge in [-0.1, -0.05) is 5.16 Å². The van der Waals surface area contributed by atoms with Crippen molar-refractivity contribution >= 4 is 0 Å². The molecule has 1 aromatic rings. The Kier molecular flexibility index (Phi) is 3.87. The van der Waals surface area contributed by atoms with E-state index in [9.17, 15) is 5.11 Å². The zero-order chi connectivity index (χ0) is 11.4. The number of hydrogen-bond acceptors (Lipinski definition) is 6. The largest absolute Gasteiger partial charge is 0.392 e. The Labute approximate surface area is 94.0 Å². The summed E-state index contributed by atoms with van der Waals surface area (Å²) in [6.07, 6.45) is 0.975. The van der Waals surface area contributed by atoms with Gasteiger partial charge in [0.15, 0.2) is 5.82 Å². The summed E-state index contributed by atoms with van der Waals surface area (Å²) < 4.78 is 10.3. The molecule has 1 aliphatic heterocycles. The molecule has 2 rings (SSSR count). The Morgan fingerprint density at radius 2 is 2.50 bits per heavy atom. The van der Waals surface area contributed by atoms with Crippen LogP contribution in [0.5, 0.6) is 0 Å². The second kappa shape index (κ2) is 5.38. The number of hydrogen-bond donors (Lipinski definition) is 2. The molecule has 1 aliphatic rings. The smallest absolute Gasteiger partial charge is 0.243 e. The maximum Gasteiger partial charge on any atom is 0.243 e. The quantitative estimate of drug-likeness (QED) is 0.691. The first-order valence-corrected chi connectivity index (χ1v) is 5.61. The highest BCUT2D eigenvalue weighted by molar-refractivity contribution is 4.97. The van der Waals surface area contributed by atoms with Gasteiger partial charge in [0.2, 0.25) is 5.89 Å². The topological polar surface area (TPSA) is 80.4 Å². The lowest BCUT2D eigenvalue weighted by atomic mass is 10.2. The number of rotatable bonds is 5. The number of β-amino-alcohol motifs (C(OH)–C–C–N with tert-alkyl or cyclic N) is 1. The van der Waals surface area contributed by atoms with Crippen molar-refractivity contribution in [2.45, 2.75) is 31.9 Å². The van der Waals surface area contributed by atoms with Gasteiger partial charge in [-0.2, -0.15) is 4.98 Å². The van der Waals surface area contributed by atoms with Gasteiger partial charge in [-0.15, -0.1) is 0 Å². The lowest BCUT2D eigenvalue weighted by Crippen LogP contribution is -2.15. The van der Waals surface area contributed by atoms with Crippen LogP contribution in [0.1, 0.15) is 31.1 Å². The van der Waals surface area contributed by atoms with Crippen molar-refractivity contribution in [3.05, 3.63) is 11.7 Å². The summed E-state index contributed by atoms with van der Waals surface area (Å²) in [5.74, 6) is 1.22. The zero-order valence-corrected chi connectivity index (χ0v) is 9.35. The van der Waals surface area contributed by atoms with Crippen LogP contribution in [-0.2, 0) is 11.2 Å². The fourth-order valence-electron chi connectivity index (χ4n) is 1.72. The third-order valence-corrected chi connectivity index (χ3v) is 2.56. The lowest BCUT2D eigenvalue weighted by molar-refractivity contribution is 0.149. The zero-order valence-electron chi connectivity index (χ0n) is 9.35. The summed E-state index contributed by atoms with van der Waals surface area (Å²) in [4.78, 5) is 4.27. The van der Waals surface area contributed by atoms with Gasteiger partial charge in [0.1, 0.15) is 0 Å². The molecule has 2 heterocycles. The van der Waals surface area contributed by atoms with Crippen LogP contribution in [0.2, 0.25) is 0 Å². The van der Waals surface area contributed by atoms with Crippen LogP contribution in [0.3, 0.4) is 0 Å². The Bertz CT molecular complexity index is 329. The SMILES string of the molecule is CCOCCc1noc([C@@H]2C[C@H](O)CN2)n1. The first-order valence-electron chi connectivity index (χ1n) is 5.61. The summed E-state index contributed by atoms with van der Waals surface area (Å²) in [6, 6.07) is -0.0108. The molecule has 90 valence electrons. The highest BCUT2D eigenvalue weighted by Crippen LogP contribution is 2.21. The van der Waals surface area contributed by atoms with E-state index in [0.717, 1.165) is 0 Å². The molecule has 1 aromatic heterocycles. The molecular weight excluding hydrogens is 210 g/mol. The summed E-state index contributed by atoms with van der Waals surface area (Å²) in [6.45, 7) is 3.84. The number of nitrogens with zero attached hydrogens (tertiary/aromatic N) is 2. The van der Waals surface area contributed by atoms with Crippen molar-refractivity contribution in [3.63, 3.8) is 0 Å². The molecule has 0 spiro atoms. The van der Waals surface area contributed by atoms with E-state index in [0.29, 0.717) is 44.3 Å². The van der Waals surface area contributed by atoms with Crippen molar-refractivity contribution < 1.29 is 14.4 Å². The van der Waals surface area contributed by atoms with Gasteiger partial charge < -0.3 is 19.7 Å². The van der Waals surface area contributed by atoms with Gasteiger partial charge in [-0.05, 0) is 13.3 Å². The molecule has 2 atom stereocenters. The monoisotopic (exact) mass is 227 g/mol. The highest BCUT2D eigenvalue weighted by atomic mass is 16.5. The molecular formula is C10H17N3O3. The van der Waals surface area contributed by atoms with Gasteiger partial charge in [-0.3, -0.25) is 0 Å². The molecule has 0 aromatic carbocycles. The predicted octanol–water partition coefficient (Wildman–Crippen LogP) is 0.0439. The molecule has 1 saturated heterocycles. The molecule has 1 fully saturated rings. The highest BCUT2D eigenvalue weighted by Gasteiger charge is 2.27. The van der Waals surface area contributed by atoms with Gasteiger partial charge in [-0.25, -0.2) is 0 Å². The number of aliphatic hydroxyl groups is 1. The van der Waals surface area contributed by atoms with Crippen LogP contribution in [0.15, 0.2) is 4.52 Å². The average Bonchev–Trinajstić information content (AvgIpc) is 2.87. The second-order valence-electron chi connectivity index (χ2n) is 3.85. The maximum atomic E-state index is 9.37. The minimum atomic E-state index is -0.316. The van der Waals surface area contributed by atoms with Gasteiger partial charge in [0.05, 0.1) is 18.8 Å². The molecule has 2 N–H and O–H groups in total. The summed E-state index contributed by atoms with van der Waals surface area (Å²) in [5, 5.41) is 16.4.